The van der Waals surface area contributed by atoms with Crippen molar-refractivity contribution in [3.8, 4) is 0 Å². The number of amides is 2. The number of carbonyl (C=O) groups excluding carboxylic acids is 1. The minimum absolute atomic E-state index is 0.0346. The molecule has 28 heavy (non-hydrogen) atoms. The Kier molecular flexibility index (Phi) is 5.02. The van der Waals surface area contributed by atoms with Gasteiger partial charge >= 0.3 is 12.0 Å². The predicted molar refractivity (Wildman–Crippen MR) is 107 cm³/mol. The van der Waals surface area contributed by atoms with Crippen LogP contribution in [0.15, 0.2) is 54.6 Å². The Bertz CT molecular complexity index is 1010. The zero-order valence-corrected chi connectivity index (χ0v) is 15.5. The molecule has 0 unspecified atom stereocenters. The highest BCUT2D eigenvalue weighted by Crippen LogP contribution is 2.32. The lowest BCUT2D eigenvalue weighted by Crippen LogP contribution is -2.44. The van der Waals surface area contributed by atoms with Gasteiger partial charge in [-0.3, -0.25) is 4.79 Å². The van der Waals surface area contributed by atoms with Crippen LogP contribution in [0.3, 0.4) is 0 Å². The van der Waals surface area contributed by atoms with Crippen LogP contribution >= 0.6 is 0 Å². The lowest BCUT2D eigenvalue weighted by molar-refractivity contribution is -0.137. The topological polar surface area (TPSA) is 83.4 Å². The molecule has 6 nitrogen and oxygen atoms in total. The van der Waals surface area contributed by atoms with E-state index in [-0.39, 0.29) is 18.6 Å². The summed E-state index contributed by atoms with van der Waals surface area (Å²) < 4.78 is 1.90. The molecule has 1 aliphatic carbocycles. The van der Waals surface area contributed by atoms with Crippen molar-refractivity contribution in [2.75, 3.05) is 0 Å². The van der Waals surface area contributed by atoms with E-state index in [1.165, 1.54) is 0 Å². The van der Waals surface area contributed by atoms with E-state index in [9.17, 15) is 14.7 Å². The Labute approximate surface area is 163 Å². The van der Waals surface area contributed by atoms with Crippen molar-refractivity contribution in [2.24, 2.45) is 0 Å². The average Bonchev–Trinajstić information content (AvgIpc) is 3.00. The minimum atomic E-state index is -0.843. The standard InChI is InChI=1S/C22H23N3O3/c26-21(27)14-25-19-9-5-4-8-17(19)18-12-16(10-11-20(18)25)24-22(28)23-13-15-6-2-1-3-7-15/h1-9,16H,10-14H2,(H,26,27)(H2,23,24,28)/t16-/m0/s1. The van der Waals surface area contributed by atoms with Crippen LogP contribution in [0.4, 0.5) is 4.79 Å². The van der Waals surface area contributed by atoms with Gasteiger partial charge in [-0.25, -0.2) is 4.79 Å². The van der Waals surface area contributed by atoms with E-state index in [2.05, 4.69) is 10.6 Å². The van der Waals surface area contributed by atoms with Crippen molar-refractivity contribution < 1.29 is 14.7 Å². The van der Waals surface area contributed by atoms with Crippen LogP contribution in [-0.4, -0.2) is 27.7 Å². The molecule has 0 saturated carbocycles. The van der Waals surface area contributed by atoms with Crippen molar-refractivity contribution in [3.63, 3.8) is 0 Å². The summed E-state index contributed by atoms with van der Waals surface area (Å²) in [6.07, 6.45) is 2.25. The second-order valence-corrected chi connectivity index (χ2v) is 7.17. The molecular formula is C22H23N3O3. The zero-order valence-electron chi connectivity index (χ0n) is 15.5. The molecule has 1 atom stereocenters. The predicted octanol–water partition coefficient (Wildman–Crippen LogP) is 3.08. The van der Waals surface area contributed by atoms with Crippen LogP contribution in [0.2, 0.25) is 0 Å². The summed E-state index contributed by atoms with van der Waals surface area (Å²) in [5, 5.41) is 16.3. The summed E-state index contributed by atoms with van der Waals surface area (Å²) in [5.41, 5.74) is 4.23. The number of nitrogens with one attached hydrogen (secondary N) is 2. The van der Waals surface area contributed by atoms with Gasteiger partial charge in [0, 0.05) is 29.2 Å². The number of hydrogen-bond acceptors (Lipinski definition) is 2. The summed E-state index contributed by atoms with van der Waals surface area (Å²) in [5.74, 6) is -0.843. The third-order valence-electron chi connectivity index (χ3n) is 5.30. The number of benzene rings is 2. The summed E-state index contributed by atoms with van der Waals surface area (Å²) in [4.78, 5) is 23.6. The molecule has 1 aliphatic rings. The molecule has 6 heteroatoms. The lowest BCUT2D eigenvalue weighted by atomic mass is 9.91. The van der Waals surface area contributed by atoms with Gasteiger partial charge in [0.15, 0.2) is 0 Å². The number of aliphatic carboxylic acids is 1. The lowest BCUT2D eigenvalue weighted by Gasteiger charge is -2.25. The van der Waals surface area contributed by atoms with Gasteiger partial charge in [-0.15, -0.1) is 0 Å². The number of hydrogen-bond donors (Lipinski definition) is 3. The monoisotopic (exact) mass is 377 g/mol. The van der Waals surface area contributed by atoms with E-state index >= 15 is 0 Å². The van der Waals surface area contributed by atoms with Crippen molar-refractivity contribution in [3.05, 3.63) is 71.4 Å². The van der Waals surface area contributed by atoms with Crippen LogP contribution in [0, 0.1) is 0 Å². The fourth-order valence-electron chi connectivity index (χ4n) is 4.05. The number of para-hydroxylation sites is 1. The second-order valence-electron chi connectivity index (χ2n) is 7.17. The maximum atomic E-state index is 12.3. The molecular weight excluding hydrogens is 354 g/mol. The van der Waals surface area contributed by atoms with Gasteiger partial charge in [-0.2, -0.15) is 0 Å². The maximum Gasteiger partial charge on any atom is 0.323 e. The van der Waals surface area contributed by atoms with Crippen LogP contribution in [0.1, 0.15) is 23.2 Å². The Morgan fingerprint density at radius 2 is 1.82 bits per heavy atom. The number of urea groups is 1. The van der Waals surface area contributed by atoms with E-state index < -0.39 is 5.97 Å². The molecule has 0 aliphatic heterocycles. The minimum Gasteiger partial charge on any atom is -0.480 e. The fraction of sp³-hybridized carbons (Fsp3) is 0.273. The second kappa shape index (κ2) is 7.76. The quantitative estimate of drug-likeness (QED) is 0.639. The van der Waals surface area contributed by atoms with E-state index in [1.54, 1.807) is 0 Å². The molecule has 0 bridgehead atoms. The largest absolute Gasteiger partial charge is 0.480 e. The van der Waals surface area contributed by atoms with E-state index in [0.29, 0.717) is 13.0 Å². The molecule has 2 amide bonds. The van der Waals surface area contributed by atoms with Crippen molar-refractivity contribution >= 4 is 22.9 Å². The number of rotatable bonds is 5. The van der Waals surface area contributed by atoms with Crippen molar-refractivity contribution in [2.45, 2.75) is 38.4 Å². The molecule has 4 rings (SSSR count). The summed E-state index contributed by atoms with van der Waals surface area (Å²) in [6, 6.07) is 17.6. The molecule has 1 aromatic heterocycles. The zero-order chi connectivity index (χ0) is 19.5. The number of carbonyl (C=O) groups is 2. The summed E-state index contributed by atoms with van der Waals surface area (Å²) in [6.45, 7) is 0.452. The number of nitrogens with zero attached hydrogens (tertiary/aromatic N) is 1. The smallest absolute Gasteiger partial charge is 0.323 e. The first kappa shape index (κ1) is 18.1. The first-order valence-corrected chi connectivity index (χ1v) is 9.51. The Morgan fingerprint density at radius 3 is 2.61 bits per heavy atom. The van der Waals surface area contributed by atoms with Crippen molar-refractivity contribution in [1.29, 1.82) is 0 Å². The molecule has 0 radical (unpaired) electrons. The van der Waals surface area contributed by atoms with Crippen molar-refractivity contribution in [1.82, 2.24) is 15.2 Å². The summed E-state index contributed by atoms with van der Waals surface area (Å²) >= 11 is 0. The van der Waals surface area contributed by atoms with Crippen LogP contribution < -0.4 is 10.6 Å². The normalized spacial score (nSPS) is 15.8. The molecule has 3 aromatic rings. The number of carboxylic acids is 1. The first-order valence-electron chi connectivity index (χ1n) is 9.51. The van der Waals surface area contributed by atoms with Gasteiger partial charge in [0.1, 0.15) is 6.54 Å². The number of aromatic nitrogens is 1. The van der Waals surface area contributed by atoms with Crippen LogP contribution in [0.5, 0.6) is 0 Å². The van der Waals surface area contributed by atoms with Crippen LogP contribution in [0.25, 0.3) is 10.9 Å². The number of fused-ring (bicyclic) bond motifs is 3. The SMILES string of the molecule is O=C(O)Cn1c2c(c3ccccc31)C[C@@H](NC(=O)NCc1ccccc1)CC2. The molecule has 1 heterocycles. The molecule has 3 N–H and O–H groups in total. The first-order chi connectivity index (χ1) is 13.6. The molecule has 2 aromatic carbocycles. The van der Waals surface area contributed by atoms with E-state index in [4.69, 9.17) is 0 Å². The molecule has 0 spiro atoms. The van der Waals surface area contributed by atoms with Gasteiger partial charge in [0.05, 0.1) is 0 Å². The molecule has 0 fully saturated rings. The maximum absolute atomic E-state index is 12.3. The highest BCUT2D eigenvalue weighted by atomic mass is 16.4. The molecule has 144 valence electrons. The van der Waals surface area contributed by atoms with Gasteiger partial charge in [0.2, 0.25) is 0 Å². The highest BCUT2D eigenvalue weighted by molar-refractivity contribution is 5.87. The van der Waals surface area contributed by atoms with E-state index in [0.717, 1.165) is 40.6 Å². The average molecular weight is 377 g/mol. The highest BCUT2D eigenvalue weighted by Gasteiger charge is 2.26. The van der Waals surface area contributed by atoms with Gasteiger partial charge in [-0.05, 0) is 36.5 Å². The van der Waals surface area contributed by atoms with Crippen LogP contribution in [-0.2, 0) is 30.7 Å². The number of carboxylic acid groups (broad SMARTS) is 1. The Balaban J connectivity index is 1.47. The summed E-state index contributed by atoms with van der Waals surface area (Å²) in [7, 11) is 0. The van der Waals surface area contributed by atoms with Gasteiger partial charge in [0.25, 0.3) is 0 Å². The fourth-order valence-corrected chi connectivity index (χ4v) is 4.05. The van der Waals surface area contributed by atoms with E-state index in [1.807, 2.05) is 59.2 Å². The Morgan fingerprint density at radius 1 is 1.07 bits per heavy atom. The Hall–Kier alpha value is -3.28. The third-order valence-corrected chi connectivity index (χ3v) is 5.30. The van der Waals surface area contributed by atoms with Gasteiger partial charge < -0.3 is 20.3 Å². The third kappa shape index (κ3) is 3.71. The molecule has 0 saturated heterocycles. The van der Waals surface area contributed by atoms with Gasteiger partial charge in [-0.1, -0.05) is 48.5 Å².